The molecule has 1 N–H and O–H groups in total. The van der Waals surface area contributed by atoms with E-state index in [-0.39, 0.29) is 24.2 Å². The van der Waals surface area contributed by atoms with Gasteiger partial charge in [-0.25, -0.2) is 4.39 Å². The number of carbonyl (C=O) groups excluding carboxylic acids is 2. The molecule has 1 aliphatic rings. The van der Waals surface area contributed by atoms with Gasteiger partial charge in [-0.2, -0.15) is 0 Å². The highest BCUT2D eigenvalue weighted by molar-refractivity contribution is 5.94. The first-order valence-electron chi connectivity index (χ1n) is 8.01. The third-order valence-electron chi connectivity index (χ3n) is 4.08. The van der Waals surface area contributed by atoms with Crippen molar-refractivity contribution in [3.63, 3.8) is 0 Å². The maximum atomic E-state index is 13.1. The molecule has 1 saturated heterocycles. The molecule has 0 spiro atoms. The summed E-state index contributed by atoms with van der Waals surface area (Å²) in [5.41, 5.74) is 2.18. The second kappa shape index (κ2) is 7.25. The number of carbonyl (C=O) groups is 2. The van der Waals surface area contributed by atoms with Gasteiger partial charge < -0.3 is 10.2 Å². The third kappa shape index (κ3) is 3.98. The zero-order chi connectivity index (χ0) is 16.9. The third-order valence-corrected chi connectivity index (χ3v) is 4.08. The Balaban J connectivity index is 1.62. The van der Waals surface area contributed by atoms with Gasteiger partial charge in [0.15, 0.2) is 0 Å². The molecule has 4 nitrogen and oxygen atoms in total. The van der Waals surface area contributed by atoms with Gasteiger partial charge in [0.25, 0.3) is 5.91 Å². The Bertz CT molecular complexity index is 761. The molecule has 2 amide bonds. The zero-order valence-corrected chi connectivity index (χ0v) is 13.3. The molecule has 124 valence electrons. The second-order valence-corrected chi connectivity index (χ2v) is 5.93. The molecule has 0 aromatic heterocycles. The molecule has 2 aromatic rings. The van der Waals surface area contributed by atoms with E-state index >= 15 is 0 Å². The highest BCUT2D eigenvalue weighted by Gasteiger charge is 2.20. The Morgan fingerprint density at radius 3 is 2.67 bits per heavy atom. The van der Waals surface area contributed by atoms with E-state index in [2.05, 4.69) is 5.32 Å². The minimum Gasteiger partial charge on any atom is -0.348 e. The van der Waals surface area contributed by atoms with E-state index in [4.69, 9.17) is 0 Å². The molecule has 0 radical (unpaired) electrons. The molecule has 0 aliphatic carbocycles. The number of nitrogens with one attached hydrogen (secondary N) is 1. The smallest absolute Gasteiger partial charge is 0.251 e. The average molecular weight is 326 g/mol. The van der Waals surface area contributed by atoms with E-state index in [0.717, 1.165) is 18.5 Å². The summed E-state index contributed by atoms with van der Waals surface area (Å²) >= 11 is 0. The first kappa shape index (κ1) is 16.2. The van der Waals surface area contributed by atoms with Crippen LogP contribution in [0, 0.1) is 5.82 Å². The number of hydrogen-bond donors (Lipinski definition) is 1. The van der Waals surface area contributed by atoms with Crippen LogP contribution in [0.2, 0.25) is 0 Å². The molecule has 24 heavy (non-hydrogen) atoms. The summed E-state index contributed by atoms with van der Waals surface area (Å²) in [5.74, 6) is -0.371. The van der Waals surface area contributed by atoms with Crippen molar-refractivity contribution in [2.45, 2.75) is 25.9 Å². The summed E-state index contributed by atoms with van der Waals surface area (Å²) < 4.78 is 13.1. The molecule has 3 rings (SSSR count). The van der Waals surface area contributed by atoms with Crippen LogP contribution < -0.4 is 5.32 Å². The van der Waals surface area contributed by atoms with Crippen LogP contribution in [0.15, 0.2) is 48.5 Å². The summed E-state index contributed by atoms with van der Waals surface area (Å²) in [5, 5.41) is 2.79. The summed E-state index contributed by atoms with van der Waals surface area (Å²) in [6.45, 7) is 1.57. The zero-order valence-electron chi connectivity index (χ0n) is 13.3. The standard InChI is InChI=1S/C19H19FN2O2/c20-17-7-2-4-14(11-17)12-21-19(24)16-6-1-5-15(10-16)13-22-9-3-8-18(22)23/h1-2,4-7,10-11H,3,8-9,12-13H2,(H,21,24). The van der Waals surface area contributed by atoms with E-state index in [9.17, 15) is 14.0 Å². The van der Waals surface area contributed by atoms with Crippen molar-refractivity contribution < 1.29 is 14.0 Å². The van der Waals surface area contributed by atoms with Gasteiger partial charge in [-0.15, -0.1) is 0 Å². The van der Waals surface area contributed by atoms with Crippen molar-refractivity contribution in [3.8, 4) is 0 Å². The molecule has 0 saturated carbocycles. The SMILES string of the molecule is O=C(NCc1cccc(F)c1)c1cccc(CN2CCCC2=O)c1. The van der Waals surface area contributed by atoms with Gasteiger partial charge in [0.2, 0.25) is 5.91 Å². The van der Waals surface area contributed by atoms with Crippen molar-refractivity contribution in [2.24, 2.45) is 0 Å². The van der Waals surface area contributed by atoms with Crippen LogP contribution in [0.4, 0.5) is 4.39 Å². The van der Waals surface area contributed by atoms with E-state index in [1.807, 2.05) is 17.0 Å². The number of rotatable bonds is 5. The number of benzene rings is 2. The van der Waals surface area contributed by atoms with Crippen LogP contribution in [0.1, 0.15) is 34.3 Å². The van der Waals surface area contributed by atoms with Crippen LogP contribution in [0.25, 0.3) is 0 Å². The highest BCUT2D eigenvalue weighted by atomic mass is 19.1. The van der Waals surface area contributed by atoms with Gasteiger partial charge in [-0.3, -0.25) is 9.59 Å². The molecule has 1 aliphatic heterocycles. The molecule has 0 bridgehead atoms. The predicted molar refractivity (Wildman–Crippen MR) is 88.7 cm³/mol. The van der Waals surface area contributed by atoms with Crippen LogP contribution in [-0.4, -0.2) is 23.3 Å². The Kier molecular flexibility index (Phi) is 4.89. The number of amides is 2. The summed E-state index contributed by atoms with van der Waals surface area (Å²) in [6, 6.07) is 13.4. The Morgan fingerprint density at radius 2 is 1.92 bits per heavy atom. The first-order chi connectivity index (χ1) is 11.6. The second-order valence-electron chi connectivity index (χ2n) is 5.93. The largest absolute Gasteiger partial charge is 0.348 e. The van der Waals surface area contributed by atoms with Crippen molar-refractivity contribution >= 4 is 11.8 Å². The van der Waals surface area contributed by atoms with Crippen LogP contribution in [0.5, 0.6) is 0 Å². The van der Waals surface area contributed by atoms with E-state index in [0.29, 0.717) is 24.1 Å². The predicted octanol–water partition coefficient (Wildman–Crippen LogP) is 2.88. The van der Waals surface area contributed by atoms with Gasteiger partial charge in [-0.1, -0.05) is 24.3 Å². The average Bonchev–Trinajstić information content (AvgIpc) is 2.98. The number of nitrogens with zero attached hydrogens (tertiary/aromatic N) is 1. The Hall–Kier alpha value is -2.69. The lowest BCUT2D eigenvalue weighted by Gasteiger charge is -2.16. The topological polar surface area (TPSA) is 49.4 Å². The van der Waals surface area contributed by atoms with Crippen molar-refractivity contribution in [3.05, 3.63) is 71.0 Å². The number of halogens is 1. The maximum absolute atomic E-state index is 13.1. The lowest BCUT2D eigenvalue weighted by molar-refractivity contribution is -0.128. The van der Waals surface area contributed by atoms with E-state index in [1.165, 1.54) is 12.1 Å². The lowest BCUT2D eigenvalue weighted by Crippen LogP contribution is -2.25. The van der Waals surface area contributed by atoms with Crippen molar-refractivity contribution in [1.29, 1.82) is 0 Å². The van der Waals surface area contributed by atoms with Crippen molar-refractivity contribution in [1.82, 2.24) is 10.2 Å². The molecule has 1 heterocycles. The van der Waals surface area contributed by atoms with Crippen LogP contribution in [-0.2, 0) is 17.9 Å². The van der Waals surface area contributed by atoms with Crippen LogP contribution in [0.3, 0.4) is 0 Å². The molecule has 5 heteroatoms. The summed E-state index contributed by atoms with van der Waals surface area (Å²) in [6.07, 6.45) is 1.50. The fraction of sp³-hybridized carbons (Fsp3) is 0.263. The van der Waals surface area contributed by atoms with E-state index < -0.39 is 0 Å². The van der Waals surface area contributed by atoms with Gasteiger partial charge in [0.1, 0.15) is 5.82 Å². The molecule has 2 aromatic carbocycles. The number of likely N-dealkylation sites (tertiary alicyclic amines) is 1. The molecule has 1 fully saturated rings. The van der Waals surface area contributed by atoms with Gasteiger partial charge in [-0.05, 0) is 41.8 Å². The molecule has 0 unspecified atom stereocenters. The quantitative estimate of drug-likeness (QED) is 0.918. The Morgan fingerprint density at radius 1 is 1.12 bits per heavy atom. The minimum absolute atomic E-state index is 0.163. The number of hydrogen-bond acceptors (Lipinski definition) is 2. The molecule has 0 atom stereocenters. The van der Waals surface area contributed by atoms with Gasteiger partial charge >= 0.3 is 0 Å². The fourth-order valence-corrected chi connectivity index (χ4v) is 2.83. The normalized spacial score (nSPS) is 14.0. The van der Waals surface area contributed by atoms with Gasteiger partial charge in [0, 0.05) is 31.6 Å². The molecular weight excluding hydrogens is 307 g/mol. The summed E-state index contributed by atoms with van der Waals surface area (Å²) in [4.78, 5) is 25.8. The first-order valence-corrected chi connectivity index (χ1v) is 8.01. The summed E-state index contributed by atoms with van der Waals surface area (Å²) in [7, 11) is 0. The maximum Gasteiger partial charge on any atom is 0.251 e. The van der Waals surface area contributed by atoms with Gasteiger partial charge in [0.05, 0.1) is 0 Å². The van der Waals surface area contributed by atoms with Crippen LogP contribution >= 0.6 is 0 Å². The Labute approximate surface area is 140 Å². The van der Waals surface area contributed by atoms with Crippen molar-refractivity contribution in [2.75, 3.05) is 6.54 Å². The highest BCUT2D eigenvalue weighted by Crippen LogP contribution is 2.15. The monoisotopic (exact) mass is 326 g/mol. The molecular formula is C19H19FN2O2. The van der Waals surface area contributed by atoms with E-state index in [1.54, 1.807) is 24.3 Å². The minimum atomic E-state index is -0.320. The fourth-order valence-electron chi connectivity index (χ4n) is 2.83. The lowest BCUT2D eigenvalue weighted by atomic mass is 10.1.